The van der Waals surface area contributed by atoms with E-state index in [2.05, 4.69) is 104 Å². The Labute approximate surface area is 420 Å². The summed E-state index contributed by atoms with van der Waals surface area (Å²) in [4.78, 5) is -0.914. The number of alkyl halides is 4. The monoisotopic (exact) mass is 965 g/mol. The van der Waals surface area contributed by atoms with Crippen LogP contribution in [0.5, 0.6) is 0 Å². The molecular weight excluding hydrogens is 838 g/mol. The largest absolute Gasteiger partial charge is 0.113 e. The van der Waals surface area contributed by atoms with E-state index in [0.29, 0.717) is 0 Å². The number of hydrogen-bond acceptors (Lipinski definition) is 0. The molecule has 0 aromatic heterocycles. The Morgan fingerprint density at radius 3 is 0.387 bits per heavy atom. The standard InChI is InChI=1S/C9H16Cl4.7C7H16/c1-2-3-4-5-6-7(8(10)11)9(12)13;7*1-3-5-7-6-4-2/h7-9H,2-6H2,1H3;7*3-7H2,1-2H3. The van der Waals surface area contributed by atoms with Crippen molar-refractivity contribution in [1.29, 1.82) is 0 Å². The predicted octanol–water partition coefficient (Wildman–Crippen LogP) is 26.0. The number of rotatable bonds is 35. The van der Waals surface area contributed by atoms with Crippen LogP contribution in [0, 0.1) is 5.92 Å². The van der Waals surface area contributed by atoms with E-state index in [1.165, 1.54) is 244 Å². The molecule has 0 aliphatic carbocycles. The fraction of sp³-hybridized carbons (Fsp3) is 1.00. The lowest BCUT2D eigenvalue weighted by Gasteiger charge is -2.18. The van der Waals surface area contributed by atoms with Crippen molar-refractivity contribution >= 4 is 46.4 Å². The maximum atomic E-state index is 5.75. The molecule has 0 N–H and O–H groups in total. The van der Waals surface area contributed by atoms with Gasteiger partial charge >= 0.3 is 0 Å². The van der Waals surface area contributed by atoms with Crippen molar-refractivity contribution in [3.05, 3.63) is 0 Å². The molecule has 0 aromatic rings. The Bertz CT molecular complexity index is 433. The Hall–Kier alpha value is 1.16. The van der Waals surface area contributed by atoms with Crippen LogP contribution in [-0.4, -0.2) is 9.67 Å². The molecular formula is C58H128Cl4. The van der Waals surface area contributed by atoms with Crippen molar-refractivity contribution in [2.24, 2.45) is 5.92 Å². The molecule has 0 unspecified atom stereocenters. The Kier molecular flexibility index (Phi) is 120. The smallest absolute Gasteiger partial charge is 0.105 e. The van der Waals surface area contributed by atoms with Gasteiger partial charge in [0.05, 0.1) is 0 Å². The van der Waals surface area contributed by atoms with Crippen LogP contribution < -0.4 is 0 Å². The predicted molar refractivity (Wildman–Crippen MR) is 304 cm³/mol. The van der Waals surface area contributed by atoms with Gasteiger partial charge in [-0.1, -0.05) is 354 Å². The van der Waals surface area contributed by atoms with Crippen molar-refractivity contribution < 1.29 is 0 Å². The molecule has 0 aliphatic rings. The first-order valence-corrected chi connectivity index (χ1v) is 30.3. The average Bonchev–Trinajstić information content (AvgIpc) is 3.26. The van der Waals surface area contributed by atoms with Gasteiger partial charge in [-0.2, -0.15) is 0 Å². The second kappa shape index (κ2) is 92.4. The number of unbranched alkanes of at least 4 members (excludes halogenated alkanes) is 31. The molecule has 0 heterocycles. The van der Waals surface area contributed by atoms with E-state index >= 15 is 0 Å². The normalized spacial score (nSPS) is 9.97. The molecule has 62 heavy (non-hydrogen) atoms. The molecule has 0 atom stereocenters. The van der Waals surface area contributed by atoms with Crippen LogP contribution >= 0.6 is 46.4 Å². The van der Waals surface area contributed by atoms with Gasteiger partial charge in [-0.3, -0.25) is 0 Å². The topological polar surface area (TPSA) is 0 Å². The molecule has 0 amide bonds. The Morgan fingerprint density at radius 1 is 0.177 bits per heavy atom. The zero-order chi connectivity index (χ0) is 49.0. The van der Waals surface area contributed by atoms with Crippen molar-refractivity contribution in [2.75, 3.05) is 0 Å². The van der Waals surface area contributed by atoms with Crippen LogP contribution in [0.1, 0.15) is 361 Å². The SMILES string of the molecule is CCCCCCC.CCCCCCC.CCCCCCC.CCCCCCC.CCCCCCC.CCCCCCC.CCCCCCC.CCCCCCC(C(Cl)Cl)C(Cl)Cl. The van der Waals surface area contributed by atoms with Gasteiger partial charge in [-0.05, 0) is 6.42 Å². The minimum Gasteiger partial charge on any atom is -0.105 e. The van der Waals surface area contributed by atoms with Crippen LogP contribution in [0.25, 0.3) is 0 Å². The molecule has 0 saturated heterocycles. The Balaban J connectivity index is -0.0000000908. The van der Waals surface area contributed by atoms with Gasteiger partial charge in [0.2, 0.25) is 0 Å². The van der Waals surface area contributed by atoms with E-state index in [0.717, 1.165) is 12.8 Å². The number of halogens is 4. The summed E-state index contributed by atoms with van der Waals surface area (Å²) < 4.78 is 0. The highest BCUT2D eigenvalue weighted by Gasteiger charge is 2.23. The molecule has 0 nitrogen and oxygen atoms in total. The van der Waals surface area contributed by atoms with Crippen LogP contribution in [0.15, 0.2) is 0 Å². The molecule has 0 saturated carbocycles. The summed E-state index contributed by atoms with van der Waals surface area (Å²) in [7, 11) is 0. The van der Waals surface area contributed by atoms with Gasteiger partial charge in [0.1, 0.15) is 9.67 Å². The zero-order valence-corrected chi connectivity index (χ0v) is 49.6. The lowest BCUT2D eigenvalue weighted by molar-refractivity contribution is 0.502. The molecule has 388 valence electrons. The van der Waals surface area contributed by atoms with Crippen molar-refractivity contribution in [2.45, 2.75) is 370 Å². The van der Waals surface area contributed by atoms with E-state index in [1.54, 1.807) is 0 Å². The molecule has 0 spiro atoms. The van der Waals surface area contributed by atoms with Crippen LogP contribution in [-0.2, 0) is 0 Å². The third-order valence-corrected chi connectivity index (χ3v) is 11.8. The molecule has 0 radical (unpaired) electrons. The lowest BCUT2D eigenvalue weighted by Crippen LogP contribution is -2.16. The highest BCUT2D eigenvalue weighted by molar-refractivity contribution is 6.48. The highest BCUT2D eigenvalue weighted by Crippen LogP contribution is 2.30. The fourth-order valence-corrected chi connectivity index (χ4v) is 7.29. The molecule has 0 rings (SSSR count). The first-order valence-electron chi connectivity index (χ1n) is 28.6. The first-order chi connectivity index (χ1) is 30.0. The van der Waals surface area contributed by atoms with Gasteiger partial charge < -0.3 is 0 Å². The van der Waals surface area contributed by atoms with Crippen molar-refractivity contribution in [3.63, 3.8) is 0 Å². The molecule has 0 fully saturated rings. The quantitative estimate of drug-likeness (QED) is 0.0439. The third-order valence-electron chi connectivity index (χ3n) is 10.5. The first kappa shape index (κ1) is 80.2. The third kappa shape index (κ3) is 119. The lowest BCUT2D eigenvalue weighted by atomic mass is 10.0. The summed E-state index contributed by atoms with van der Waals surface area (Å²) in [6, 6.07) is 0. The minimum absolute atomic E-state index is 0.00326. The van der Waals surface area contributed by atoms with Crippen molar-refractivity contribution in [3.8, 4) is 0 Å². The summed E-state index contributed by atoms with van der Waals surface area (Å²) in [5, 5.41) is 0. The summed E-state index contributed by atoms with van der Waals surface area (Å²) in [6.45, 7) is 33.6. The van der Waals surface area contributed by atoms with Gasteiger partial charge in [0.25, 0.3) is 0 Å². The molecule has 0 aliphatic heterocycles. The molecule has 4 heteroatoms. The van der Waals surface area contributed by atoms with E-state index in [9.17, 15) is 0 Å². The van der Waals surface area contributed by atoms with Gasteiger partial charge in [-0.15, -0.1) is 46.4 Å². The summed E-state index contributed by atoms with van der Waals surface area (Å²) in [5.74, 6) is 0.00326. The van der Waals surface area contributed by atoms with Gasteiger partial charge in [-0.25, -0.2) is 0 Å². The Morgan fingerprint density at radius 2 is 0.290 bits per heavy atom. The maximum absolute atomic E-state index is 5.75. The fourth-order valence-electron chi connectivity index (χ4n) is 5.91. The zero-order valence-electron chi connectivity index (χ0n) is 46.5. The van der Waals surface area contributed by atoms with Crippen LogP contribution in [0.2, 0.25) is 0 Å². The molecule has 0 bridgehead atoms. The highest BCUT2D eigenvalue weighted by atomic mass is 35.5. The van der Waals surface area contributed by atoms with Crippen LogP contribution in [0.4, 0.5) is 0 Å². The van der Waals surface area contributed by atoms with E-state index in [4.69, 9.17) is 46.4 Å². The van der Waals surface area contributed by atoms with Gasteiger partial charge in [0.15, 0.2) is 0 Å². The summed E-state index contributed by atoms with van der Waals surface area (Å²) in [6.07, 6.45) is 54.7. The molecule has 0 aromatic carbocycles. The minimum atomic E-state index is -0.457. The second-order valence-corrected chi connectivity index (χ2v) is 19.9. The van der Waals surface area contributed by atoms with E-state index in [1.807, 2.05) is 0 Å². The summed E-state index contributed by atoms with van der Waals surface area (Å²) in [5.41, 5.74) is 0. The van der Waals surface area contributed by atoms with E-state index in [-0.39, 0.29) is 5.92 Å². The van der Waals surface area contributed by atoms with E-state index < -0.39 is 9.67 Å². The average molecular weight is 967 g/mol. The van der Waals surface area contributed by atoms with Crippen LogP contribution in [0.3, 0.4) is 0 Å². The second-order valence-electron chi connectivity index (χ2n) is 17.6. The maximum Gasteiger partial charge on any atom is 0.113 e. The van der Waals surface area contributed by atoms with Gasteiger partial charge in [0, 0.05) is 5.92 Å². The number of hydrogen-bond donors (Lipinski definition) is 0. The summed E-state index contributed by atoms with van der Waals surface area (Å²) >= 11 is 23.0. The van der Waals surface area contributed by atoms with Crippen molar-refractivity contribution in [1.82, 2.24) is 0 Å².